The second-order valence-electron chi connectivity index (χ2n) is 9.42. The number of aromatic nitrogens is 3. The molecule has 0 bridgehead atoms. The highest BCUT2D eigenvalue weighted by Crippen LogP contribution is 2.24. The van der Waals surface area contributed by atoms with Gasteiger partial charge in [-0.2, -0.15) is 5.10 Å². The van der Waals surface area contributed by atoms with Gasteiger partial charge in [0.1, 0.15) is 5.76 Å². The van der Waals surface area contributed by atoms with Gasteiger partial charge in [0.2, 0.25) is 0 Å². The second kappa shape index (κ2) is 9.57. The van der Waals surface area contributed by atoms with E-state index in [1.54, 1.807) is 10.7 Å². The second-order valence-corrected chi connectivity index (χ2v) is 9.42. The lowest BCUT2D eigenvalue weighted by Crippen LogP contribution is -2.48. The summed E-state index contributed by atoms with van der Waals surface area (Å²) in [6.45, 7) is 2.94. The third-order valence-electron chi connectivity index (χ3n) is 7.29. The van der Waals surface area contributed by atoms with Crippen molar-refractivity contribution < 1.29 is 9.32 Å². The van der Waals surface area contributed by atoms with Crippen LogP contribution in [0.1, 0.15) is 78.0 Å². The van der Waals surface area contributed by atoms with Crippen molar-refractivity contribution in [3.05, 3.63) is 44.7 Å². The normalized spacial score (nSPS) is 21.1. The minimum absolute atomic E-state index is 0.00307. The van der Waals surface area contributed by atoms with Gasteiger partial charge in [-0.25, -0.2) is 4.68 Å². The lowest BCUT2D eigenvalue weighted by Gasteiger charge is -2.35. The van der Waals surface area contributed by atoms with E-state index in [9.17, 15) is 9.59 Å². The van der Waals surface area contributed by atoms with E-state index in [-0.39, 0.29) is 17.5 Å². The number of hydrogen-bond donors (Lipinski definition) is 1. The Labute approximate surface area is 188 Å². The van der Waals surface area contributed by atoms with Crippen molar-refractivity contribution in [1.82, 2.24) is 25.2 Å². The minimum Gasteiger partial charge on any atom is -0.360 e. The third-order valence-corrected chi connectivity index (χ3v) is 7.29. The lowest BCUT2D eigenvalue weighted by atomic mass is 9.96. The molecule has 1 N–H and O–H groups in total. The molecule has 172 valence electrons. The first-order valence-corrected chi connectivity index (χ1v) is 12.3. The lowest BCUT2D eigenvalue weighted by molar-refractivity contribution is 0.0899. The number of piperidine rings is 1. The summed E-state index contributed by atoms with van der Waals surface area (Å²) < 4.78 is 7.03. The molecule has 1 unspecified atom stereocenters. The number of carbonyl (C=O) groups excluding carboxylic acids is 1. The van der Waals surface area contributed by atoms with Gasteiger partial charge in [0.15, 0.2) is 5.69 Å². The molecule has 32 heavy (non-hydrogen) atoms. The fourth-order valence-corrected chi connectivity index (χ4v) is 5.43. The molecule has 8 nitrogen and oxygen atoms in total. The molecule has 1 aliphatic heterocycles. The Morgan fingerprint density at radius 1 is 1.06 bits per heavy atom. The molecule has 5 rings (SSSR count). The fourth-order valence-electron chi connectivity index (χ4n) is 5.43. The average Bonchev–Trinajstić information content (AvgIpc) is 3.26. The summed E-state index contributed by atoms with van der Waals surface area (Å²) in [4.78, 5) is 27.7. The van der Waals surface area contributed by atoms with Gasteiger partial charge in [-0.1, -0.05) is 11.6 Å². The summed E-state index contributed by atoms with van der Waals surface area (Å²) in [6, 6.07) is 2.05. The highest BCUT2D eigenvalue weighted by molar-refractivity contribution is 5.93. The van der Waals surface area contributed by atoms with E-state index in [1.165, 1.54) is 0 Å². The molecule has 1 atom stereocenters. The zero-order valence-corrected chi connectivity index (χ0v) is 18.8. The van der Waals surface area contributed by atoms with E-state index < -0.39 is 0 Å². The molecule has 0 radical (unpaired) electrons. The Bertz CT molecular complexity index is 1030. The van der Waals surface area contributed by atoms with E-state index in [2.05, 4.69) is 20.5 Å². The molecule has 1 amide bonds. The Balaban J connectivity index is 1.20. The predicted molar refractivity (Wildman–Crippen MR) is 120 cm³/mol. The molecular formula is C24H33N5O3. The van der Waals surface area contributed by atoms with E-state index >= 15 is 0 Å². The number of fused-ring (bicyclic) bond motifs is 2. The van der Waals surface area contributed by atoms with Gasteiger partial charge in [0.05, 0.1) is 12.2 Å². The van der Waals surface area contributed by atoms with Crippen LogP contribution in [0.2, 0.25) is 0 Å². The monoisotopic (exact) mass is 439 g/mol. The van der Waals surface area contributed by atoms with Crippen LogP contribution in [-0.2, 0) is 32.2 Å². The van der Waals surface area contributed by atoms with E-state index in [4.69, 9.17) is 4.52 Å². The number of aryl methyl sites for hydroxylation is 3. The first-order valence-electron chi connectivity index (χ1n) is 12.3. The van der Waals surface area contributed by atoms with Crippen LogP contribution in [0.5, 0.6) is 0 Å². The first-order chi connectivity index (χ1) is 15.7. The maximum Gasteiger partial charge on any atom is 0.273 e. The summed E-state index contributed by atoms with van der Waals surface area (Å²) in [7, 11) is 0. The summed E-state index contributed by atoms with van der Waals surface area (Å²) in [5.41, 5.74) is 3.68. The number of likely N-dealkylation sites (tertiary alicyclic amines) is 1. The van der Waals surface area contributed by atoms with Gasteiger partial charge in [-0.05, 0) is 69.9 Å². The maximum atomic E-state index is 12.8. The zero-order valence-electron chi connectivity index (χ0n) is 18.8. The van der Waals surface area contributed by atoms with Crippen molar-refractivity contribution in [1.29, 1.82) is 0 Å². The molecule has 2 aromatic heterocycles. The number of hydrogen-bond acceptors (Lipinski definition) is 6. The van der Waals surface area contributed by atoms with Crippen molar-refractivity contribution in [2.45, 2.75) is 83.2 Å². The predicted octanol–water partition coefficient (Wildman–Crippen LogP) is 2.27. The number of nitrogens with zero attached hydrogens (tertiary/aromatic N) is 4. The molecule has 3 heterocycles. The van der Waals surface area contributed by atoms with Crippen molar-refractivity contribution in [2.24, 2.45) is 0 Å². The summed E-state index contributed by atoms with van der Waals surface area (Å²) >= 11 is 0. The van der Waals surface area contributed by atoms with E-state index in [0.717, 1.165) is 106 Å². The number of carbonyl (C=O) groups is 1. The van der Waals surface area contributed by atoms with Crippen LogP contribution in [0.15, 0.2) is 15.4 Å². The van der Waals surface area contributed by atoms with Gasteiger partial charge in [0.25, 0.3) is 11.5 Å². The molecule has 0 spiro atoms. The SMILES string of the molecule is O=C(NCC1CCCCN1CCn1nc2c(cc1=O)CCCC2)c1noc2c1CCCC2. The van der Waals surface area contributed by atoms with Crippen LogP contribution < -0.4 is 10.9 Å². The summed E-state index contributed by atoms with van der Waals surface area (Å²) in [5, 5.41) is 11.8. The standard InChI is InChI=1S/C24H33N5O3/c30-22-15-17-7-1-3-10-20(17)26-29(22)14-13-28-12-6-5-8-18(28)16-25-24(31)23-19-9-2-4-11-21(19)32-27-23/h15,18H,1-14,16H2,(H,25,31). The Morgan fingerprint density at radius 2 is 1.91 bits per heavy atom. The number of rotatable bonds is 6. The molecule has 1 fully saturated rings. The highest BCUT2D eigenvalue weighted by Gasteiger charge is 2.27. The number of nitrogens with one attached hydrogen (secondary N) is 1. The van der Waals surface area contributed by atoms with Crippen LogP contribution in [0.3, 0.4) is 0 Å². The smallest absolute Gasteiger partial charge is 0.273 e. The highest BCUT2D eigenvalue weighted by atomic mass is 16.5. The van der Waals surface area contributed by atoms with Crippen LogP contribution in [0.4, 0.5) is 0 Å². The quantitative estimate of drug-likeness (QED) is 0.742. The van der Waals surface area contributed by atoms with Gasteiger partial charge in [-0.15, -0.1) is 0 Å². The van der Waals surface area contributed by atoms with Crippen molar-refractivity contribution in [3.63, 3.8) is 0 Å². The van der Waals surface area contributed by atoms with Gasteiger partial charge in [-0.3, -0.25) is 14.5 Å². The molecule has 0 saturated carbocycles. The zero-order chi connectivity index (χ0) is 21.9. The summed E-state index contributed by atoms with van der Waals surface area (Å²) in [5.74, 6) is 0.749. The Kier molecular flexibility index (Phi) is 6.39. The third kappa shape index (κ3) is 4.51. The minimum atomic E-state index is -0.130. The van der Waals surface area contributed by atoms with Crippen molar-refractivity contribution in [2.75, 3.05) is 19.6 Å². The average molecular weight is 440 g/mol. The van der Waals surface area contributed by atoms with Crippen LogP contribution in [0.25, 0.3) is 0 Å². The topological polar surface area (TPSA) is 93.3 Å². The Morgan fingerprint density at radius 3 is 2.84 bits per heavy atom. The van der Waals surface area contributed by atoms with Crippen LogP contribution >= 0.6 is 0 Å². The van der Waals surface area contributed by atoms with Gasteiger partial charge in [0, 0.05) is 37.2 Å². The van der Waals surface area contributed by atoms with Crippen molar-refractivity contribution >= 4 is 5.91 Å². The van der Waals surface area contributed by atoms with Gasteiger partial charge >= 0.3 is 0 Å². The maximum absolute atomic E-state index is 12.8. The van der Waals surface area contributed by atoms with Crippen LogP contribution in [-0.4, -0.2) is 51.4 Å². The molecule has 0 aromatic carbocycles. The van der Waals surface area contributed by atoms with Gasteiger partial charge < -0.3 is 9.84 Å². The summed E-state index contributed by atoms with van der Waals surface area (Å²) in [6.07, 6.45) is 11.5. The first kappa shape index (κ1) is 21.4. The molecule has 3 aliphatic rings. The molecule has 8 heteroatoms. The molecular weight excluding hydrogens is 406 g/mol. The molecule has 2 aromatic rings. The molecule has 1 saturated heterocycles. The van der Waals surface area contributed by atoms with Crippen LogP contribution in [0, 0.1) is 0 Å². The Hall–Kier alpha value is -2.48. The van der Waals surface area contributed by atoms with E-state index in [1.807, 2.05) is 0 Å². The largest absolute Gasteiger partial charge is 0.360 e. The van der Waals surface area contributed by atoms with Crippen molar-refractivity contribution in [3.8, 4) is 0 Å². The number of amides is 1. The molecule has 2 aliphatic carbocycles. The van der Waals surface area contributed by atoms with E-state index in [0.29, 0.717) is 18.8 Å². The fraction of sp³-hybridized carbons (Fsp3) is 0.667.